The lowest BCUT2D eigenvalue weighted by atomic mass is 10.1. The lowest BCUT2D eigenvalue weighted by Crippen LogP contribution is -2.10. The second-order valence-electron chi connectivity index (χ2n) is 4.24. The van der Waals surface area contributed by atoms with Gasteiger partial charge in [-0.05, 0) is 12.8 Å². The Balaban J connectivity index is 3.01. The number of rotatable bonds is 11. The van der Waals surface area contributed by atoms with Gasteiger partial charge < -0.3 is 15.3 Å². The summed E-state index contributed by atoms with van der Waals surface area (Å²) in [5, 5.41) is 26.1. The van der Waals surface area contributed by atoms with Crippen LogP contribution in [-0.4, -0.2) is 34.0 Å². The largest absolute Gasteiger partial charge is 0.481 e. The molecule has 0 amide bonds. The predicted octanol–water partition coefficient (Wildman–Crippen LogP) is 1.94. The molecule has 0 unspecified atom stereocenters. The van der Waals surface area contributed by atoms with E-state index in [0.717, 1.165) is 44.9 Å². The summed E-state index contributed by atoms with van der Waals surface area (Å²) in [6.45, 7) is -0.144. The summed E-state index contributed by atoms with van der Waals surface area (Å²) >= 11 is 0. The van der Waals surface area contributed by atoms with Crippen LogP contribution in [0.15, 0.2) is 0 Å². The standard InChI is InChI=1S/C12H24O4/c13-10-11(14)8-6-4-2-1-3-5-7-9-12(15)16/h11,13-14H,1-10H2,(H,15,16)/t11-/m0/s1. The van der Waals surface area contributed by atoms with Gasteiger partial charge in [-0.15, -0.1) is 0 Å². The normalized spacial score (nSPS) is 12.6. The van der Waals surface area contributed by atoms with Crippen molar-refractivity contribution < 1.29 is 20.1 Å². The van der Waals surface area contributed by atoms with E-state index in [1.807, 2.05) is 0 Å². The van der Waals surface area contributed by atoms with E-state index >= 15 is 0 Å². The highest BCUT2D eigenvalue weighted by atomic mass is 16.4. The molecule has 0 aliphatic rings. The fourth-order valence-electron chi connectivity index (χ4n) is 1.63. The van der Waals surface area contributed by atoms with E-state index < -0.39 is 12.1 Å². The third-order valence-electron chi connectivity index (χ3n) is 2.64. The first-order chi connectivity index (χ1) is 7.66. The highest BCUT2D eigenvalue weighted by Gasteiger charge is 2.00. The van der Waals surface area contributed by atoms with Crippen LogP contribution >= 0.6 is 0 Å². The molecule has 0 radical (unpaired) electrons. The van der Waals surface area contributed by atoms with Crippen molar-refractivity contribution in [3.8, 4) is 0 Å². The molecule has 0 aromatic heterocycles. The van der Waals surface area contributed by atoms with Crippen LogP contribution in [0, 0.1) is 0 Å². The Labute approximate surface area is 97.3 Å². The molecule has 3 N–H and O–H groups in total. The van der Waals surface area contributed by atoms with Gasteiger partial charge >= 0.3 is 5.97 Å². The van der Waals surface area contributed by atoms with Crippen molar-refractivity contribution in [3.63, 3.8) is 0 Å². The average Bonchev–Trinajstić information content (AvgIpc) is 2.26. The average molecular weight is 232 g/mol. The Bertz CT molecular complexity index is 170. The van der Waals surface area contributed by atoms with E-state index in [9.17, 15) is 4.79 Å². The van der Waals surface area contributed by atoms with Crippen molar-refractivity contribution in [2.24, 2.45) is 0 Å². The van der Waals surface area contributed by atoms with Crippen molar-refractivity contribution in [2.75, 3.05) is 6.61 Å². The second kappa shape index (κ2) is 10.9. The maximum atomic E-state index is 10.2. The molecule has 0 aromatic rings. The van der Waals surface area contributed by atoms with Crippen LogP contribution < -0.4 is 0 Å². The van der Waals surface area contributed by atoms with Crippen LogP contribution in [0.3, 0.4) is 0 Å². The number of hydrogen-bond acceptors (Lipinski definition) is 3. The molecule has 0 bridgehead atoms. The van der Waals surface area contributed by atoms with Gasteiger partial charge in [0.2, 0.25) is 0 Å². The minimum absolute atomic E-state index is 0.144. The second-order valence-corrected chi connectivity index (χ2v) is 4.24. The van der Waals surface area contributed by atoms with Gasteiger partial charge in [0.25, 0.3) is 0 Å². The number of aliphatic hydroxyl groups is 2. The lowest BCUT2D eigenvalue weighted by Gasteiger charge is -2.06. The van der Waals surface area contributed by atoms with Gasteiger partial charge in [-0.25, -0.2) is 0 Å². The maximum Gasteiger partial charge on any atom is 0.303 e. The molecule has 0 saturated heterocycles. The van der Waals surface area contributed by atoms with Crippen LogP contribution in [0.2, 0.25) is 0 Å². The molecular formula is C12H24O4. The van der Waals surface area contributed by atoms with Gasteiger partial charge in [-0.2, -0.15) is 0 Å². The quantitative estimate of drug-likeness (QED) is 0.476. The summed E-state index contributed by atoms with van der Waals surface area (Å²) in [4.78, 5) is 10.2. The maximum absolute atomic E-state index is 10.2. The Morgan fingerprint density at radius 2 is 1.44 bits per heavy atom. The Morgan fingerprint density at radius 3 is 1.94 bits per heavy atom. The topological polar surface area (TPSA) is 77.8 Å². The molecule has 96 valence electrons. The minimum atomic E-state index is -0.710. The zero-order chi connectivity index (χ0) is 12.2. The molecule has 0 saturated carbocycles. The lowest BCUT2D eigenvalue weighted by molar-refractivity contribution is -0.137. The molecule has 0 spiro atoms. The van der Waals surface area contributed by atoms with Gasteiger partial charge in [0, 0.05) is 6.42 Å². The zero-order valence-electron chi connectivity index (χ0n) is 9.90. The molecule has 0 aromatic carbocycles. The van der Waals surface area contributed by atoms with Crippen molar-refractivity contribution in [1.82, 2.24) is 0 Å². The number of carboxylic acid groups (broad SMARTS) is 1. The van der Waals surface area contributed by atoms with Gasteiger partial charge in [0.05, 0.1) is 12.7 Å². The molecule has 0 fully saturated rings. The summed E-state index contributed by atoms with van der Waals surface area (Å²) in [6, 6.07) is 0. The summed E-state index contributed by atoms with van der Waals surface area (Å²) < 4.78 is 0. The molecule has 4 nitrogen and oxygen atoms in total. The Hall–Kier alpha value is -0.610. The van der Waals surface area contributed by atoms with Crippen LogP contribution in [0.25, 0.3) is 0 Å². The third kappa shape index (κ3) is 11.5. The van der Waals surface area contributed by atoms with Crippen molar-refractivity contribution in [2.45, 2.75) is 63.9 Å². The Morgan fingerprint density at radius 1 is 0.938 bits per heavy atom. The predicted molar refractivity (Wildman–Crippen MR) is 62.3 cm³/mol. The summed E-state index contributed by atoms with van der Waals surface area (Å²) in [5.74, 6) is -0.710. The summed E-state index contributed by atoms with van der Waals surface area (Å²) in [7, 11) is 0. The fraction of sp³-hybridized carbons (Fsp3) is 0.917. The molecule has 0 aliphatic heterocycles. The molecule has 4 heteroatoms. The van der Waals surface area contributed by atoms with E-state index in [0.29, 0.717) is 6.42 Å². The first-order valence-electron chi connectivity index (χ1n) is 6.17. The number of hydrogen-bond donors (Lipinski definition) is 3. The molecule has 16 heavy (non-hydrogen) atoms. The highest BCUT2D eigenvalue weighted by molar-refractivity contribution is 5.66. The van der Waals surface area contributed by atoms with Crippen molar-refractivity contribution in [1.29, 1.82) is 0 Å². The van der Waals surface area contributed by atoms with Gasteiger partial charge in [-0.3, -0.25) is 4.79 Å². The Kier molecular flexibility index (Phi) is 10.5. The minimum Gasteiger partial charge on any atom is -0.481 e. The van der Waals surface area contributed by atoms with E-state index in [-0.39, 0.29) is 13.0 Å². The third-order valence-corrected chi connectivity index (χ3v) is 2.64. The highest BCUT2D eigenvalue weighted by Crippen LogP contribution is 2.10. The smallest absolute Gasteiger partial charge is 0.303 e. The first-order valence-corrected chi connectivity index (χ1v) is 6.17. The SMILES string of the molecule is O=C(O)CCCCCCCCC[C@H](O)CO. The van der Waals surface area contributed by atoms with Crippen LogP contribution in [0.1, 0.15) is 57.8 Å². The monoisotopic (exact) mass is 232 g/mol. The van der Waals surface area contributed by atoms with Crippen LogP contribution in [0.4, 0.5) is 0 Å². The van der Waals surface area contributed by atoms with Crippen LogP contribution in [0.5, 0.6) is 0 Å². The number of aliphatic hydroxyl groups excluding tert-OH is 2. The molecule has 0 aliphatic carbocycles. The molecule has 1 atom stereocenters. The molecular weight excluding hydrogens is 208 g/mol. The number of carbonyl (C=O) groups is 1. The van der Waals surface area contributed by atoms with Crippen molar-refractivity contribution >= 4 is 5.97 Å². The fourth-order valence-corrected chi connectivity index (χ4v) is 1.63. The van der Waals surface area contributed by atoms with Crippen molar-refractivity contribution in [3.05, 3.63) is 0 Å². The zero-order valence-corrected chi connectivity index (χ0v) is 9.90. The number of carboxylic acids is 1. The summed E-state index contributed by atoms with van der Waals surface area (Å²) in [6.07, 6.45) is 7.56. The number of unbranched alkanes of at least 4 members (excludes halogenated alkanes) is 6. The van der Waals surface area contributed by atoms with E-state index in [2.05, 4.69) is 0 Å². The van der Waals surface area contributed by atoms with E-state index in [1.54, 1.807) is 0 Å². The molecule has 0 heterocycles. The number of aliphatic carboxylic acids is 1. The van der Waals surface area contributed by atoms with E-state index in [4.69, 9.17) is 15.3 Å². The van der Waals surface area contributed by atoms with E-state index in [1.165, 1.54) is 0 Å². The van der Waals surface area contributed by atoms with Gasteiger partial charge in [0.1, 0.15) is 0 Å². The first kappa shape index (κ1) is 15.4. The van der Waals surface area contributed by atoms with Gasteiger partial charge in [-0.1, -0.05) is 38.5 Å². The van der Waals surface area contributed by atoms with Gasteiger partial charge in [0.15, 0.2) is 0 Å². The van der Waals surface area contributed by atoms with Crippen LogP contribution in [-0.2, 0) is 4.79 Å². The summed E-state index contributed by atoms with van der Waals surface area (Å²) in [5.41, 5.74) is 0. The molecule has 0 rings (SSSR count).